The van der Waals surface area contributed by atoms with E-state index in [1.54, 1.807) is 11.2 Å². The highest BCUT2D eigenvalue weighted by molar-refractivity contribution is 7.92. The van der Waals surface area contributed by atoms with Gasteiger partial charge in [0.15, 0.2) is 0 Å². The number of hydrogen-bond acceptors (Lipinski definition) is 4. The van der Waals surface area contributed by atoms with E-state index in [0.717, 1.165) is 37.7 Å². The Morgan fingerprint density at radius 3 is 2.84 bits per heavy atom. The summed E-state index contributed by atoms with van der Waals surface area (Å²) in [7, 11) is -3.14. The van der Waals surface area contributed by atoms with Crippen molar-refractivity contribution in [2.45, 2.75) is 44.6 Å². The summed E-state index contributed by atoms with van der Waals surface area (Å²) in [6, 6.07) is 7.01. The van der Waals surface area contributed by atoms with Crippen LogP contribution in [-0.4, -0.2) is 46.4 Å². The Hall–Kier alpha value is -1.11. The quantitative estimate of drug-likeness (QED) is 0.810. The molecule has 5 nitrogen and oxygen atoms in total. The molecule has 2 atom stereocenters. The second-order valence-electron chi connectivity index (χ2n) is 7.66. The van der Waals surface area contributed by atoms with Gasteiger partial charge in [0, 0.05) is 18.5 Å². The van der Waals surface area contributed by atoms with Gasteiger partial charge >= 0.3 is 0 Å². The molecular formula is C19H29N3O2S. The third-order valence-corrected chi connectivity index (χ3v) is 7.78. The third-order valence-electron chi connectivity index (χ3n) is 6.00. The van der Waals surface area contributed by atoms with E-state index in [-0.39, 0.29) is 5.75 Å². The maximum absolute atomic E-state index is 12.2. The van der Waals surface area contributed by atoms with E-state index < -0.39 is 10.0 Å². The van der Waals surface area contributed by atoms with Crippen molar-refractivity contribution in [2.24, 2.45) is 5.92 Å². The highest BCUT2D eigenvalue weighted by Crippen LogP contribution is 2.43. The molecule has 4 rings (SSSR count). The first-order valence-electron chi connectivity index (χ1n) is 9.66. The normalized spacial score (nSPS) is 26.7. The molecule has 1 saturated heterocycles. The molecule has 0 bridgehead atoms. The van der Waals surface area contributed by atoms with E-state index in [1.807, 2.05) is 6.07 Å². The average Bonchev–Trinajstić information content (AvgIpc) is 3.29. The molecule has 2 aliphatic heterocycles. The lowest BCUT2D eigenvalue weighted by molar-refractivity contribution is 0.355. The fourth-order valence-electron chi connectivity index (χ4n) is 4.26. The van der Waals surface area contributed by atoms with Crippen LogP contribution in [0.25, 0.3) is 0 Å². The highest BCUT2D eigenvalue weighted by atomic mass is 32.2. The second kappa shape index (κ2) is 6.89. The Labute approximate surface area is 151 Å². The van der Waals surface area contributed by atoms with Gasteiger partial charge in [0.1, 0.15) is 0 Å². The molecule has 6 heteroatoms. The lowest BCUT2D eigenvalue weighted by atomic mass is 9.98. The van der Waals surface area contributed by atoms with Crippen LogP contribution >= 0.6 is 0 Å². The van der Waals surface area contributed by atoms with Gasteiger partial charge in [0.05, 0.1) is 11.4 Å². The SMILES string of the molecule is CCS(=O)(=O)N1CCc2cc(C3CC3NCC3CCNCC3)ccc21. The van der Waals surface area contributed by atoms with Crippen LogP contribution in [0.1, 0.15) is 43.2 Å². The number of anilines is 1. The summed E-state index contributed by atoms with van der Waals surface area (Å²) < 4.78 is 26.0. The van der Waals surface area contributed by atoms with Crippen molar-refractivity contribution < 1.29 is 8.42 Å². The van der Waals surface area contributed by atoms with Gasteiger partial charge in [-0.2, -0.15) is 0 Å². The fraction of sp³-hybridized carbons (Fsp3) is 0.684. The Morgan fingerprint density at radius 2 is 2.08 bits per heavy atom. The van der Waals surface area contributed by atoms with Crippen molar-refractivity contribution in [3.63, 3.8) is 0 Å². The Balaban J connectivity index is 1.37. The van der Waals surface area contributed by atoms with E-state index in [0.29, 0.717) is 18.5 Å². The largest absolute Gasteiger partial charge is 0.317 e. The number of nitrogens with zero attached hydrogens (tertiary/aromatic N) is 1. The molecule has 1 saturated carbocycles. The first-order chi connectivity index (χ1) is 12.1. The molecule has 2 fully saturated rings. The summed E-state index contributed by atoms with van der Waals surface area (Å²) in [5.74, 6) is 1.58. The van der Waals surface area contributed by atoms with Gasteiger partial charge in [-0.25, -0.2) is 8.42 Å². The van der Waals surface area contributed by atoms with Gasteiger partial charge in [0.2, 0.25) is 10.0 Å². The number of fused-ring (bicyclic) bond motifs is 1. The predicted molar refractivity (Wildman–Crippen MR) is 102 cm³/mol. The topological polar surface area (TPSA) is 61.4 Å². The number of rotatable bonds is 6. The zero-order valence-electron chi connectivity index (χ0n) is 15.0. The van der Waals surface area contributed by atoms with Crippen LogP contribution in [-0.2, 0) is 16.4 Å². The molecule has 3 aliphatic rings. The maximum Gasteiger partial charge on any atom is 0.234 e. The molecule has 25 heavy (non-hydrogen) atoms. The van der Waals surface area contributed by atoms with Crippen LogP contribution in [0.15, 0.2) is 18.2 Å². The molecule has 0 amide bonds. The van der Waals surface area contributed by atoms with Gasteiger partial charge in [-0.05, 0) is 75.4 Å². The van der Waals surface area contributed by atoms with Crippen molar-refractivity contribution in [3.05, 3.63) is 29.3 Å². The van der Waals surface area contributed by atoms with Crippen LogP contribution in [0, 0.1) is 5.92 Å². The van der Waals surface area contributed by atoms with E-state index >= 15 is 0 Å². The molecule has 2 unspecified atom stereocenters. The van der Waals surface area contributed by atoms with Crippen LogP contribution < -0.4 is 14.9 Å². The van der Waals surface area contributed by atoms with Crippen molar-refractivity contribution in [1.29, 1.82) is 0 Å². The number of nitrogens with one attached hydrogen (secondary N) is 2. The molecule has 1 aromatic rings. The fourth-order valence-corrected chi connectivity index (χ4v) is 5.42. The number of sulfonamides is 1. The highest BCUT2D eigenvalue weighted by Gasteiger charge is 2.39. The first kappa shape index (κ1) is 17.3. The van der Waals surface area contributed by atoms with E-state index in [1.165, 1.54) is 30.4 Å². The summed E-state index contributed by atoms with van der Waals surface area (Å²) in [6.07, 6.45) is 4.61. The second-order valence-corrected chi connectivity index (χ2v) is 9.84. The molecule has 0 radical (unpaired) electrons. The lowest BCUT2D eigenvalue weighted by Crippen LogP contribution is -2.34. The van der Waals surface area contributed by atoms with Crippen molar-refractivity contribution >= 4 is 15.7 Å². The van der Waals surface area contributed by atoms with Gasteiger partial charge in [-0.15, -0.1) is 0 Å². The molecule has 0 spiro atoms. The summed E-state index contributed by atoms with van der Waals surface area (Å²) >= 11 is 0. The Morgan fingerprint density at radius 1 is 1.28 bits per heavy atom. The van der Waals surface area contributed by atoms with Crippen LogP contribution in [0.3, 0.4) is 0 Å². The molecular weight excluding hydrogens is 334 g/mol. The zero-order valence-corrected chi connectivity index (χ0v) is 15.8. The Kier molecular flexibility index (Phi) is 4.77. The van der Waals surface area contributed by atoms with E-state index in [9.17, 15) is 8.42 Å². The standard InChI is InChI=1S/C19H29N3O2S/c1-2-25(23,24)22-10-7-16-11-15(3-4-19(16)22)17-12-18(17)21-13-14-5-8-20-9-6-14/h3-4,11,14,17-18,20-21H,2,5-10,12-13H2,1H3. The van der Waals surface area contributed by atoms with Gasteiger partial charge in [-0.1, -0.05) is 12.1 Å². The molecule has 2 heterocycles. The number of benzene rings is 1. The summed E-state index contributed by atoms with van der Waals surface area (Å²) in [6.45, 7) is 5.75. The smallest absolute Gasteiger partial charge is 0.234 e. The molecule has 138 valence electrons. The van der Waals surface area contributed by atoms with E-state index in [4.69, 9.17) is 0 Å². The summed E-state index contributed by atoms with van der Waals surface area (Å²) in [5.41, 5.74) is 3.46. The number of piperidine rings is 1. The monoisotopic (exact) mass is 363 g/mol. The molecule has 1 aromatic carbocycles. The van der Waals surface area contributed by atoms with Gasteiger partial charge in [-0.3, -0.25) is 4.31 Å². The minimum Gasteiger partial charge on any atom is -0.317 e. The number of hydrogen-bond donors (Lipinski definition) is 2. The van der Waals surface area contributed by atoms with Crippen molar-refractivity contribution in [3.8, 4) is 0 Å². The van der Waals surface area contributed by atoms with Gasteiger partial charge < -0.3 is 10.6 Å². The zero-order chi connectivity index (χ0) is 17.4. The maximum atomic E-state index is 12.2. The van der Waals surface area contributed by atoms with Crippen molar-refractivity contribution in [1.82, 2.24) is 10.6 Å². The van der Waals surface area contributed by atoms with Crippen LogP contribution in [0.2, 0.25) is 0 Å². The van der Waals surface area contributed by atoms with E-state index in [2.05, 4.69) is 22.8 Å². The first-order valence-corrected chi connectivity index (χ1v) is 11.3. The lowest BCUT2D eigenvalue weighted by Gasteiger charge is -2.23. The van der Waals surface area contributed by atoms with Crippen LogP contribution in [0.5, 0.6) is 0 Å². The summed E-state index contributed by atoms with van der Waals surface area (Å²) in [4.78, 5) is 0. The van der Waals surface area contributed by atoms with Gasteiger partial charge in [0.25, 0.3) is 0 Å². The molecule has 1 aliphatic carbocycles. The third kappa shape index (κ3) is 3.57. The average molecular weight is 364 g/mol. The minimum atomic E-state index is -3.14. The summed E-state index contributed by atoms with van der Waals surface area (Å²) in [5, 5.41) is 7.17. The molecule has 2 N–H and O–H groups in total. The van der Waals surface area contributed by atoms with Crippen LogP contribution in [0.4, 0.5) is 5.69 Å². The minimum absolute atomic E-state index is 0.166. The predicted octanol–water partition coefficient (Wildman–Crippen LogP) is 1.84. The molecule has 0 aromatic heterocycles. The van der Waals surface area contributed by atoms with Crippen molar-refractivity contribution in [2.75, 3.05) is 36.2 Å². The Bertz CT molecular complexity index is 728.